The molecule has 3 aromatic rings. The highest BCUT2D eigenvalue weighted by Crippen LogP contribution is 2.32. The Morgan fingerprint density at radius 3 is 2.57 bits per heavy atom. The zero-order valence-electron chi connectivity index (χ0n) is 16.0. The van der Waals surface area contributed by atoms with Gasteiger partial charge in [0.05, 0.1) is 11.0 Å². The van der Waals surface area contributed by atoms with Crippen LogP contribution in [0.4, 0.5) is 5.69 Å². The Hall–Kier alpha value is -3.35. The summed E-state index contributed by atoms with van der Waals surface area (Å²) in [4.78, 5) is 30.0. The van der Waals surface area contributed by atoms with Gasteiger partial charge in [-0.2, -0.15) is 0 Å². The molecule has 0 aliphatic carbocycles. The van der Waals surface area contributed by atoms with E-state index in [-0.39, 0.29) is 5.69 Å². The molecule has 1 amide bonds. The van der Waals surface area contributed by atoms with Crippen LogP contribution in [0.25, 0.3) is 11.0 Å². The van der Waals surface area contributed by atoms with Gasteiger partial charge in [-0.3, -0.25) is 9.59 Å². The third-order valence-corrected chi connectivity index (χ3v) is 4.89. The summed E-state index contributed by atoms with van der Waals surface area (Å²) in [6.07, 6.45) is 0. The number of amides is 1. The van der Waals surface area contributed by atoms with E-state index in [0.29, 0.717) is 42.5 Å². The molecular weight excluding hydrogens is 358 g/mol. The van der Waals surface area contributed by atoms with Gasteiger partial charge in [-0.1, -0.05) is 0 Å². The maximum atomic E-state index is 12.9. The standard InChI is InChI=1S/C21H21N3O4/c1-4-24-16-10-13(3)12(2)9-15(16)23-19(21(24)26)20(25)22-14-5-6-17-18(11-14)28-8-7-27-17/h5-6,9-11H,4,7-8H2,1-3H3,(H,22,25). The van der Waals surface area contributed by atoms with E-state index in [1.165, 1.54) is 0 Å². The molecule has 0 spiro atoms. The van der Waals surface area contributed by atoms with Crippen LogP contribution in [-0.2, 0) is 6.54 Å². The SMILES string of the molecule is CCn1c(=O)c(C(=O)Nc2ccc3c(c2)OCCO3)nc2cc(C)c(C)cc21. The number of aryl methyl sites for hydroxylation is 3. The van der Waals surface area contributed by atoms with Gasteiger partial charge >= 0.3 is 0 Å². The summed E-state index contributed by atoms with van der Waals surface area (Å²) in [6.45, 7) is 7.24. The maximum Gasteiger partial charge on any atom is 0.282 e. The Balaban J connectivity index is 1.74. The number of aromatic nitrogens is 2. The molecule has 4 rings (SSSR count). The van der Waals surface area contributed by atoms with E-state index in [9.17, 15) is 9.59 Å². The summed E-state index contributed by atoms with van der Waals surface area (Å²) >= 11 is 0. The highest BCUT2D eigenvalue weighted by Gasteiger charge is 2.19. The lowest BCUT2D eigenvalue weighted by molar-refractivity contribution is 0.102. The number of rotatable bonds is 3. The topological polar surface area (TPSA) is 82.5 Å². The van der Waals surface area contributed by atoms with Gasteiger partial charge in [-0.15, -0.1) is 0 Å². The van der Waals surface area contributed by atoms with Gasteiger partial charge in [0.15, 0.2) is 17.2 Å². The van der Waals surface area contributed by atoms with Crippen molar-refractivity contribution in [3.05, 3.63) is 57.5 Å². The Morgan fingerprint density at radius 1 is 1.11 bits per heavy atom. The molecule has 28 heavy (non-hydrogen) atoms. The normalized spacial score (nSPS) is 12.8. The van der Waals surface area contributed by atoms with Crippen molar-refractivity contribution in [1.29, 1.82) is 0 Å². The molecule has 1 aliphatic heterocycles. The third-order valence-electron chi connectivity index (χ3n) is 4.89. The van der Waals surface area contributed by atoms with Crippen LogP contribution in [0.2, 0.25) is 0 Å². The van der Waals surface area contributed by atoms with Crippen LogP contribution in [0.1, 0.15) is 28.5 Å². The number of fused-ring (bicyclic) bond motifs is 2. The van der Waals surface area contributed by atoms with Gasteiger partial charge in [0.25, 0.3) is 11.5 Å². The fourth-order valence-corrected chi connectivity index (χ4v) is 3.27. The van der Waals surface area contributed by atoms with Crippen molar-refractivity contribution in [2.24, 2.45) is 0 Å². The average molecular weight is 379 g/mol. The Labute approximate surface area is 161 Å². The smallest absolute Gasteiger partial charge is 0.282 e. The quantitative estimate of drug-likeness (QED) is 0.756. The molecule has 1 aromatic heterocycles. The molecule has 0 fully saturated rings. The van der Waals surface area contributed by atoms with Crippen LogP contribution >= 0.6 is 0 Å². The number of benzene rings is 2. The minimum absolute atomic E-state index is 0.132. The molecule has 0 unspecified atom stereocenters. The van der Waals surface area contributed by atoms with E-state index < -0.39 is 11.5 Å². The zero-order valence-corrected chi connectivity index (χ0v) is 16.0. The Bertz CT molecular complexity index is 1150. The molecule has 1 N–H and O–H groups in total. The lowest BCUT2D eigenvalue weighted by Crippen LogP contribution is -2.31. The number of anilines is 1. The van der Waals surface area contributed by atoms with Crippen molar-refractivity contribution in [1.82, 2.24) is 9.55 Å². The van der Waals surface area contributed by atoms with Crippen molar-refractivity contribution < 1.29 is 14.3 Å². The van der Waals surface area contributed by atoms with Gasteiger partial charge in [-0.25, -0.2) is 4.98 Å². The molecule has 0 atom stereocenters. The van der Waals surface area contributed by atoms with Crippen LogP contribution in [0.5, 0.6) is 11.5 Å². The predicted octanol–water partition coefficient (Wildman–Crippen LogP) is 3.06. The van der Waals surface area contributed by atoms with Crippen LogP contribution in [-0.4, -0.2) is 28.7 Å². The molecule has 0 saturated carbocycles. The van der Waals surface area contributed by atoms with Gasteiger partial charge in [-0.05, 0) is 56.2 Å². The lowest BCUT2D eigenvalue weighted by Gasteiger charge is -2.19. The van der Waals surface area contributed by atoms with E-state index in [0.717, 1.165) is 16.6 Å². The molecule has 0 bridgehead atoms. The molecule has 1 aliphatic rings. The zero-order chi connectivity index (χ0) is 19.8. The van der Waals surface area contributed by atoms with Crippen molar-refractivity contribution in [3.8, 4) is 11.5 Å². The molecule has 0 radical (unpaired) electrons. The summed E-state index contributed by atoms with van der Waals surface area (Å²) in [5.74, 6) is 0.642. The number of ether oxygens (including phenoxy) is 2. The van der Waals surface area contributed by atoms with Gasteiger partial charge < -0.3 is 19.4 Å². The first kappa shape index (κ1) is 18.0. The molecule has 2 heterocycles. The lowest BCUT2D eigenvalue weighted by atomic mass is 10.1. The molecule has 7 heteroatoms. The van der Waals surface area contributed by atoms with Crippen LogP contribution in [0.3, 0.4) is 0 Å². The molecule has 7 nitrogen and oxygen atoms in total. The molecule has 144 valence electrons. The summed E-state index contributed by atoms with van der Waals surface area (Å²) in [5, 5.41) is 2.74. The highest BCUT2D eigenvalue weighted by molar-refractivity contribution is 6.03. The van der Waals surface area contributed by atoms with E-state index in [1.54, 1.807) is 22.8 Å². The van der Waals surface area contributed by atoms with Crippen molar-refractivity contribution in [3.63, 3.8) is 0 Å². The first-order chi connectivity index (χ1) is 13.5. The Kier molecular flexibility index (Phi) is 4.50. The summed E-state index contributed by atoms with van der Waals surface area (Å²) in [6, 6.07) is 8.95. The minimum atomic E-state index is -0.552. The number of carbonyl (C=O) groups excluding carboxylic acids is 1. The summed E-state index contributed by atoms with van der Waals surface area (Å²) in [5.41, 5.74) is 3.45. The van der Waals surface area contributed by atoms with Crippen molar-refractivity contribution >= 4 is 22.6 Å². The summed E-state index contributed by atoms with van der Waals surface area (Å²) in [7, 11) is 0. The summed E-state index contributed by atoms with van der Waals surface area (Å²) < 4.78 is 12.6. The van der Waals surface area contributed by atoms with E-state index in [4.69, 9.17) is 9.47 Å². The molecule has 0 saturated heterocycles. The number of nitrogens with one attached hydrogen (secondary N) is 1. The van der Waals surface area contributed by atoms with Gasteiger partial charge in [0.2, 0.25) is 0 Å². The second-order valence-electron chi connectivity index (χ2n) is 6.75. The van der Waals surface area contributed by atoms with E-state index in [1.807, 2.05) is 32.9 Å². The van der Waals surface area contributed by atoms with Gasteiger partial charge in [0.1, 0.15) is 13.2 Å². The van der Waals surface area contributed by atoms with Crippen LogP contribution in [0, 0.1) is 13.8 Å². The van der Waals surface area contributed by atoms with Crippen molar-refractivity contribution in [2.75, 3.05) is 18.5 Å². The van der Waals surface area contributed by atoms with E-state index >= 15 is 0 Å². The average Bonchev–Trinajstić information content (AvgIpc) is 2.69. The minimum Gasteiger partial charge on any atom is -0.486 e. The third kappa shape index (κ3) is 3.09. The Morgan fingerprint density at radius 2 is 1.82 bits per heavy atom. The van der Waals surface area contributed by atoms with Gasteiger partial charge in [0, 0.05) is 18.3 Å². The molecule has 2 aromatic carbocycles. The number of nitrogens with zero attached hydrogens (tertiary/aromatic N) is 2. The largest absolute Gasteiger partial charge is 0.486 e. The number of hydrogen-bond acceptors (Lipinski definition) is 5. The van der Waals surface area contributed by atoms with Crippen LogP contribution < -0.4 is 20.3 Å². The fraction of sp³-hybridized carbons (Fsp3) is 0.286. The maximum absolute atomic E-state index is 12.9. The van der Waals surface area contributed by atoms with Crippen molar-refractivity contribution in [2.45, 2.75) is 27.3 Å². The number of carbonyl (C=O) groups is 1. The fourth-order valence-electron chi connectivity index (χ4n) is 3.27. The highest BCUT2D eigenvalue weighted by atomic mass is 16.6. The monoisotopic (exact) mass is 379 g/mol. The van der Waals surface area contributed by atoms with Crippen LogP contribution in [0.15, 0.2) is 35.1 Å². The molecular formula is C21H21N3O4. The first-order valence-electron chi connectivity index (χ1n) is 9.20. The second-order valence-corrected chi connectivity index (χ2v) is 6.75. The first-order valence-corrected chi connectivity index (χ1v) is 9.20. The number of hydrogen-bond donors (Lipinski definition) is 1. The second kappa shape index (κ2) is 6.99. The predicted molar refractivity (Wildman–Crippen MR) is 107 cm³/mol. The van der Waals surface area contributed by atoms with E-state index in [2.05, 4.69) is 10.3 Å².